The summed E-state index contributed by atoms with van der Waals surface area (Å²) in [7, 11) is 1.59. The molecule has 2 aromatic carbocycles. The average Bonchev–Trinajstić information content (AvgIpc) is 2.91. The van der Waals surface area contributed by atoms with Gasteiger partial charge in [0.2, 0.25) is 5.91 Å². The number of fused-ring (bicyclic) bond motifs is 2. The van der Waals surface area contributed by atoms with Crippen LogP contribution in [-0.2, 0) is 9.59 Å². The third-order valence-corrected chi connectivity index (χ3v) is 6.51. The Balaban J connectivity index is 1.60. The Bertz CT molecular complexity index is 920. The predicted molar refractivity (Wildman–Crippen MR) is 116 cm³/mol. The molecule has 0 aromatic heterocycles. The Morgan fingerprint density at radius 1 is 1.14 bits per heavy atom. The number of hydrogen-bond acceptors (Lipinski definition) is 5. The third kappa shape index (κ3) is 4.05. The van der Waals surface area contributed by atoms with E-state index in [1.54, 1.807) is 7.05 Å². The number of amides is 2. The first-order chi connectivity index (χ1) is 14.1. The largest absolute Gasteiger partial charge is 0.477 e. The van der Waals surface area contributed by atoms with E-state index in [-0.39, 0.29) is 18.4 Å². The molecule has 2 heterocycles. The van der Waals surface area contributed by atoms with Gasteiger partial charge in [-0.2, -0.15) is 0 Å². The molecule has 0 aliphatic carbocycles. The highest BCUT2D eigenvalue weighted by Crippen LogP contribution is 2.38. The summed E-state index contributed by atoms with van der Waals surface area (Å²) in [5.74, 6) is 0.461. The normalized spacial score (nSPS) is 20.8. The number of thioether (sulfide) groups is 1. The van der Waals surface area contributed by atoms with Crippen molar-refractivity contribution in [2.75, 3.05) is 36.5 Å². The highest BCUT2D eigenvalue weighted by Gasteiger charge is 2.33. The lowest BCUT2D eigenvalue weighted by molar-refractivity contribution is -0.127. The van der Waals surface area contributed by atoms with E-state index in [2.05, 4.69) is 18.3 Å². The number of likely N-dealkylation sites (N-methyl/N-ethyl adjacent to an activating group) is 1. The zero-order valence-corrected chi connectivity index (χ0v) is 17.4. The van der Waals surface area contributed by atoms with E-state index in [0.29, 0.717) is 24.1 Å². The Labute approximate surface area is 175 Å². The summed E-state index contributed by atoms with van der Waals surface area (Å²) < 4.78 is 5.85. The summed E-state index contributed by atoms with van der Waals surface area (Å²) in [6.07, 6.45) is 0.292. The van der Waals surface area contributed by atoms with Gasteiger partial charge in [-0.05, 0) is 30.7 Å². The van der Waals surface area contributed by atoms with Crippen molar-refractivity contribution < 1.29 is 14.3 Å². The topological polar surface area (TPSA) is 61.9 Å². The summed E-state index contributed by atoms with van der Waals surface area (Å²) in [6.45, 7) is 3.42. The van der Waals surface area contributed by atoms with E-state index in [1.807, 2.05) is 64.0 Å². The molecule has 6 nitrogen and oxygen atoms in total. The number of hydrogen-bond donors (Lipinski definition) is 1. The summed E-state index contributed by atoms with van der Waals surface area (Å²) in [6, 6.07) is 15.6. The van der Waals surface area contributed by atoms with Crippen LogP contribution in [0, 0.1) is 0 Å². The second-order valence-corrected chi connectivity index (χ2v) is 8.78. The molecule has 2 aromatic rings. The van der Waals surface area contributed by atoms with Crippen LogP contribution in [0.25, 0.3) is 0 Å². The molecule has 0 radical (unpaired) electrons. The molecule has 1 N–H and O–H groups in total. The Kier molecular flexibility index (Phi) is 5.67. The summed E-state index contributed by atoms with van der Waals surface area (Å²) in [5, 5.41) is 3.09. The van der Waals surface area contributed by atoms with Crippen LogP contribution in [0.2, 0.25) is 0 Å². The zero-order valence-electron chi connectivity index (χ0n) is 16.6. The lowest BCUT2D eigenvalue weighted by Gasteiger charge is -2.36. The maximum Gasteiger partial charge on any atom is 0.262 e. The number of rotatable bonds is 3. The molecule has 2 amide bonds. The van der Waals surface area contributed by atoms with Crippen LogP contribution in [0.1, 0.15) is 13.3 Å². The Morgan fingerprint density at radius 2 is 1.86 bits per heavy atom. The van der Waals surface area contributed by atoms with Gasteiger partial charge in [0.05, 0.1) is 24.5 Å². The van der Waals surface area contributed by atoms with E-state index in [9.17, 15) is 9.59 Å². The number of nitrogens with zero attached hydrogens (tertiary/aromatic N) is 2. The summed E-state index contributed by atoms with van der Waals surface area (Å²) in [4.78, 5) is 30.5. The summed E-state index contributed by atoms with van der Waals surface area (Å²) in [5.41, 5.74) is 1.81. The molecule has 0 bridgehead atoms. The lowest BCUT2D eigenvalue weighted by Crippen LogP contribution is -2.51. The average molecular weight is 412 g/mol. The van der Waals surface area contributed by atoms with Gasteiger partial charge in [-0.25, -0.2) is 0 Å². The minimum absolute atomic E-state index is 0.0273. The Morgan fingerprint density at radius 3 is 2.66 bits per heavy atom. The fourth-order valence-electron chi connectivity index (χ4n) is 3.75. The second kappa shape index (κ2) is 8.37. The van der Waals surface area contributed by atoms with Crippen molar-refractivity contribution in [2.24, 2.45) is 0 Å². The van der Waals surface area contributed by atoms with Crippen LogP contribution in [-0.4, -0.2) is 49.9 Å². The van der Waals surface area contributed by atoms with Crippen LogP contribution in [0.15, 0.2) is 53.4 Å². The molecule has 4 rings (SSSR count). The minimum atomic E-state index is -0.644. The summed E-state index contributed by atoms with van der Waals surface area (Å²) >= 11 is 1.82. The van der Waals surface area contributed by atoms with Crippen molar-refractivity contribution in [1.82, 2.24) is 5.32 Å². The molecule has 0 fully saturated rings. The molecule has 0 saturated heterocycles. The molecule has 7 heteroatoms. The van der Waals surface area contributed by atoms with E-state index in [0.717, 1.165) is 22.7 Å². The fourth-order valence-corrected chi connectivity index (χ4v) is 4.86. The number of para-hydroxylation sites is 3. The number of benzene rings is 2. The molecular weight excluding hydrogens is 386 g/mol. The molecule has 152 valence electrons. The fraction of sp³-hybridized carbons (Fsp3) is 0.364. The first-order valence-electron chi connectivity index (χ1n) is 9.85. The SMILES string of the molecule is CNC(=O)C1CN(CC(=O)N2CCC(C)Sc3ccccc32)c2ccccc2O1. The maximum atomic E-state index is 13.4. The molecule has 29 heavy (non-hydrogen) atoms. The molecule has 2 unspecified atom stereocenters. The van der Waals surface area contributed by atoms with Crippen LogP contribution in [0.5, 0.6) is 5.75 Å². The molecule has 2 aliphatic rings. The highest BCUT2D eigenvalue weighted by molar-refractivity contribution is 8.00. The minimum Gasteiger partial charge on any atom is -0.477 e. The van der Waals surface area contributed by atoms with Crippen molar-refractivity contribution in [3.8, 4) is 5.75 Å². The smallest absolute Gasteiger partial charge is 0.262 e. The number of ether oxygens (including phenoxy) is 1. The van der Waals surface area contributed by atoms with Crippen LogP contribution in [0.4, 0.5) is 11.4 Å². The Hall–Kier alpha value is -2.67. The third-order valence-electron chi connectivity index (χ3n) is 5.27. The molecule has 0 spiro atoms. The molecule has 0 saturated carbocycles. The predicted octanol–water partition coefficient (Wildman–Crippen LogP) is 2.92. The van der Waals surface area contributed by atoms with Gasteiger partial charge in [-0.15, -0.1) is 11.8 Å². The van der Waals surface area contributed by atoms with Gasteiger partial charge in [0.15, 0.2) is 6.10 Å². The van der Waals surface area contributed by atoms with Crippen molar-refractivity contribution in [2.45, 2.75) is 29.6 Å². The van der Waals surface area contributed by atoms with Crippen LogP contribution < -0.4 is 19.9 Å². The van der Waals surface area contributed by atoms with Crippen LogP contribution >= 0.6 is 11.8 Å². The van der Waals surface area contributed by atoms with Gasteiger partial charge < -0.3 is 19.9 Å². The monoisotopic (exact) mass is 411 g/mol. The number of nitrogens with one attached hydrogen (secondary N) is 1. The van der Waals surface area contributed by atoms with Crippen molar-refractivity contribution >= 4 is 35.0 Å². The van der Waals surface area contributed by atoms with Crippen molar-refractivity contribution in [1.29, 1.82) is 0 Å². The molecular formula is C22H25N3O3S. The van der Waals surface area contributed by atoms with Gasteiger partial charge in [0, 0.05) is 23.7 Å². The lowest BCUT2D eigenvalue weighted by atomic mass is 10.1. The van der Waals surface area contributed by atoms with E-state index in [1.165, 1.54) is 0 Å². The van der Waals surface area contributed by atoms with Crippen LogP contribution in [0.3, 0.4) is 0 Å². The molecule has 2 atom stereocenters. The standard InChI is InChI=1S/C22H25N3O3S/c1-15-11-12-25(17-8-4-6-10-20(17)29-15)21(26)14-24-13-19(22(27)23-2)28-18-9-5-3-7-16(18)24/h3-10,15,19H,11-14H2,1-2H3,(H,23,27). The van der Waals surface area contributed by atoms with E-state index in [4.69, 9.17) is 4.74 Å². The molecule has 2 aliphatic heterocycles. The highest BCUT2D eigenvalue weighted by atomic mass is 32.2. The first-order valence-corrected chi connectivity index (χ1v) is 10.7. The van der Waals surface area contributed by atoms with Crippen molar-refractivity contribution in [3.05, 3.63) is 48.5 Å². The second-order valence-electron chi connectivity index (χ2n) is 7.30. The van der Waals surface area contributed by atoms with Gasteiger partial charge >= 0.3 is 0 Å². The van der Waals surface area contributed by atoms with Gasteiger partial charge in [0.1, 0.15) is 5.75 Å². The quantitative estimate of drug-likeness (QED) is 0.842. The van der Waals surface area contributed by atoms with Crippen molar-refractivity contribution in [3.63, 3.8) is 0 Å². The van der Waals surface area contributed by atoms with E-state index >= 15 is 0 Å². The van der Waals surface area contributed by atoms with E-state index < -0.39 is 6.10 Å². The number of anilines is 2. The maximum absolute atomic E-state index is 13.4. The number of carbonyl (C=O) groups excluding carboxylic acids is 2. The first kappa shape index (κ1) is 19.6. The van der Waals surface area contributed by atoms with Gasteiger partial charge in [-0.1, -0.05) is 31.2 Å². The van der Waals surface area contributed by atoms with Gasteiger partial charge in [0.25, 0.3) is 5.91 Å². The van der Waals surface area contributed by atoms with Gasteiger partial charge in [-0.3, -0.25) is 9.59 Å². The number of carbonyl (C=O) groups is 2. The zero-order chi connectivity index (χ0) is 20.4.